The summed E-state index contributed by atoms with van der Waals surface area (Å²) in [4.78, 5) is 0. The van der Waals surface area contributed by atoms with Crippen LogP contribution in [-0.2, 0) is 0 Å². The van der Waals surface area contributed by atoms with Crippen molar-refractivity contribution in [1.82, 2.24) is 10.9 Å². The molecule has 0 atom stereocenters. The SMILES string of the molecule is Cl.N#Cc1ccccc1C=NNC(=N)NN=Cc1ccc(Cl)cc1. The summed E-state index contributed by atoms with van der Waals surface area (Å²) in [6, 6.07) is 16.2. The Hall–Kier alpha value is -2.88. The van der Waals surface area contributed by atoms with E-state index in [2.05, 4.69) is 27.1 Å². The van der Waals surface area contributed by atoms with Gasteiger partial charge in [0.25, 0.3) is 0 Å². The van der Waals surface area contributed by atoms with Gasteiger partial charge in [-0.15, -0.1) is 12.4 Å². The average Bonchev–Trinajstić information content (AvgIpc) is 2.57. The lowest BCUT2D eigenvalue weighted by molar-refractivity contribution is 0.893. The maximum atomic E-state index is 8.95. The maximum Gasteiger partial charge on any atom is 0.230 e. The summed E-state index contributed by atoms with van der Waals surface area (Å²) in [5, 5.41) is 25.0. The molecule has 2 rings (SSSR count). The summed E-state index contributed by atoms with van der Waals surface area (Å²) in [6.45, 7) is 0. The Balaban J connectivity index is 0.00000288. The lowest BCUT2D eigenvalue weighted by Gasteiger charge is -2.01. The van der Waals surface area contributed by atoms with Crippen LogP contribution in [0.5, 0.6) is 0 Å². The fraction of sp³-hybridized carbons (Fsp3) is 0. The first-order valence-electron chi connectivity index (χ1n) is 6.60. The van der Waals surface area contributed by atoms with Crippen LogP contribution in [0.1, 0.15) is 16.7 Å². The molecular weight excluding hydrogens is 347 g/mol. The molecule has 0 amide bonds. The number of nitriles is 1. The molecule has 6 nitrogen and oxygen atoms in total. The van der Waals surface area contributed by atoms with Crippen LogP contribution < -0.4 is 10.9 Å². The Morgan fingerprint density at radius 2 is 1.67 bits per heavy atom. The van der Waals surface area contributed by atoms with E-state index in [0.29, 0.717) is 16.1 Å². The Labute approximate surface area is 150 Å². The maximum absolute atomic E-state index is 8.95. The van der Waals surface area contributed by atoms with Gasteiger partial charge in [-0.3, -0.25) is 5.41 Å². The van der Waals surface area contributed by atoms with Gasteiger partial charge in [-0.1, -0.05) is 41.9 Å². The van der Waals surface area contributed by atoms with E-state index in [1.807, 2.05) is 18.2 Å². The van der Waals surface area contributed by atoms with Gasteiger partial charge in [0, 0.05) is 10.6 Å². The highest BCUT2D eigenvalue weighted by Gasteiger charge is 1.96. The van der Waals surface area contributed by atoms with E-state index in [1.54, 1.807) is 36.5 Å². The van der Waals surface area contributed by atoms with Crippen molar-refractivity contribution < 1.29 is 0 Å². The van der Waals surface area contributed by atoms with E-state index in [9.17, 15) is 0 Å². The molecule has 0 spiro atoms. The van der Waals surface area contributed by atoms with E-state index >= 15 is 0 Å². The third kappa shape index (κ3) is 6.08. The molecule has 2 aromatic rings. The summed E-state index contributed by atoms with van der Waals surface area (Å²) < 4.78 is 0. The first kappa shape index (κ1) is 19.2. The number of rotatable bonds is 4. The molecule has 0 aliphatic carbocycles. The monoisotopic (exact) mass is 360 g/mol. The van der Waals surface area contributed by atoms with Crippen molar-refractivity contribution in [2.45, 2.75) is 0 Å². The molecule has 0 aliphatic rings. The number of guanidine groups is 1. The number of halogens is 2. The summed E-state index contributed by atoms with van der Waals surface area (Å²) in [6.07, 6.45) is 3.03. The molecule has 0 bridgehead atoms. The van der Waals surface area contributed by atoms with Crippen molar-refractivity contribution >= 4 is 42.4 Å². The van der Waals surface area contributed by atoms with Crippen LogP contribution in [0.3, 0.4) is 0 Å². The Morgan fingerprint density at radius 3 is 2.33 bits per heavy atom. The van der Waals surface area contributed by atoms with Crippen molar-refractivity contribution in [2.24, 2.45) is 10.2 Å². The highest BCUT2D eigenvalue weighted by atomic mass is 35.5. The molecule has 0 heterocycles. The molecule has 0 unspecified atom stereocenters. The highest BCUT2D eigenvalue weighted by Crippen LogP contribution is 2.07. The molecule has 0 aliphatic heterocycles. The van der Waals surface area contributed by atoms with Gasteiger partial charge in [0.15, 0.2) is 0 Å². The van der Waals surface area contributed by atoms with Gasteiger partial charge in [0.1, 0.15) is 0 Å². The normalized spacial score (nSPS) is 10.2. The van der Waals surface area contributed by atoms with Gasteiger partial charge < -0.3 is 0 Å². The van der Waals surface area contributed by atoms with Crippen molar-refractivity contribution in [2.75, 3.05) is 0 Å². The first-order valence-corrected chi connectivity index (χ1v) is 6.98. The van der Waals surface area contributed by atoms with Gasteiger partial charge in [-0.25, -0.2) is 10.9 Å². The van der Waals surface area contributed by atoms with Crippen LogP contribution >= 0.6 is 24.0 Å². The molecule has 0 radical (unpaired) electrons. The zero-order valence-corrected chi connectivity index (χ0v) is 14.0. The zero-order chi connectivity index (χ0) is 16.5. The molecule has 8 heteroatoms. The van der Waals surface area contributed by atoms with Crippen LogP contribution in [0, 0.1) is 16.7 Å². The third-order valence-electron chi connectivity index (χ3n) is 2.72. The predicted molar refractivity (Wildman–Crippen MR) is 99.0 cm³/mol. The molecule has 0 aromatic heterocycles. The van der Waals surface area contributed by atoms with E-state index in [4.69, 9.17) is 22.3 Å². The third-order valence-corrected chi connectivity index (χ3v) is 2.97. The zero-order valence-electron chi connectivity index (χ0n) is 12.4. The molecule has 2 aromatic carbocycles. The number of nitrogens with zero attached hydrogens (tertiary/aromatic N) is 3. The van der Waals surface area contributed by atoms with Crippen molar-refractivity contribution in [3.63, 3.8) is 0 Å². The van der Waals surface area contributed by atoms with E-state index in [1.165, 1.54) is 6.21 Å². The summed E-state index contributed by atoms with van der Waals surface area (Å²) in [5.74, 6) is -0.0964. The Kier molecular flexibility index (Phi) is 7.99. The second kappa shape index (κ2) is 10.0. The lowest BCUT2D eigenvalue weighted by atomic mass is 10.1. The molecule has 24 heavy (non-hydrogen) atoms. The lowest BCUT2D eigenvalue weighted by Crippen LogP contribution is -2.29. The van der Waals surface area contributed by atoms with Crippen LogP contribution in [0.25, 0.3) is 0 Å². The first-order chi connectivity index (χ1) is 11.2. The Bertz CT molecular complexity index is 778. The number of hydrogen-bond donors (Lipinski definition) is 3. The topological polar surface area (TPSA) is 96.4 Å². The van der Waals surface area contributed by atoms with Crippen LogP contribution in [0.15, 0.2) is 58.7 Å². The molecule has 0 saturated heterocycles. The standard InChI is InChI=1S/C16H13ClN6.ClH/c17-15-7-5-12(6-8-15)10-20-22-16(19)23-21-11-14-4-2-1-3-13(14)9-18;/h1-8,10-11H,(H3,19,22,23);1H. The van der Waals surface area contributed by atoms with Crippen LogP contribution in [-0.4, -0.2) is 18.4 Å². The number of hydrogen-bond acceptors (Lipinski definition) is 4. The van der Waals surface area contributed by atoms with Crippen LogP contribution in [0.4, 0.5) is 0 Å². The Morgan fingerprint density at radius 1 is 1.04 bits per heavy atom. The highest BCUT2D eigenvalue weighted by molar-refractivity contribution is 6.30. The van der Waals surface area contributed by atoms with Gasteiger partial charge in [0.05, 0.1) is 24.1 Å². The fourth-order valence-corrected chi connectivity index (χ4v) is 1.75. The number of benzene rings is 2. The predicted octanol–water partition coefficient (Wildman–Crippen LogP) is 3.12. The minimum absolute atomic E-state index is 0. The van der Waals surface area contributed by atoms with Gasteiger partial charge in [0.2, 0.25) is 5.96 Å². The minimum atomic E-state index is -0.0964. The van der Waals surface area contributed by atoms with E-state index < -0.39 is 0 Å². The second-order valence-corrected chi connectivity index (χ2v) is 4.80. The molecule has 3 N–H and O–H groups in total. The summed E-state index contributed by atoms with van der Waals surface area (Å²) >= 11 is 5.79. The summed E-state index contributed by atoms with van der Waals surface area (Å²) in [7, 11) is 0. The summed E-state index contributed by atoms with van der Waals surface area (Å²) in [5.41, 5.74) is 6.99. The van der Waals surface area contributed by atoms with Crippen molar-refractivity contribution in [1.29, 1.82) is 10.7 Å². The van der Waals surface area contributed by atoms with E-state index in [0.717, 1.165) is 5.56 Å². The molecular formula is C16H14Cl2N6. The van der Waals surface area contributed by atoms with Gasteiger partial charge in [-0.2, -0.15) is 15.5 Å². The quantitative estimate of drug-likeness (QED) is 0.443. The smallest absolute Gasteiger partial charge is 0.230 e. The number of nitrogens with one attached hydrogen (secondary N) is 3. The average molecular weight is 361 g/mol. The van der Waals surface area contributed by atoms with Crippen molar-refractivity contribution in [3.05, 3.63) is 70.2 Å². The number of hydrazone groups is 2. The van der Waals surface area contributed by atoms with Gasteiger partial charge in [-0.05, 0) is 23.8 Å². The van der Waals surface area contributed by atoms with Crippen molar-refractivity contribution in [3.8, 4) is 6.07 Å². The van der Waals surface area contributed by atoms with E-state index in [-0.39, 0.29) is 18.4 Å². The fourth-order valence-electron chi connectivity index (χ4n) is 1.62. The largest absolute Gasteiger partial charge is 0.266 e. The van der Waals surface area contributed by atoms with Crippen LogP contribution in [0.2, 0.25) is 5.02 Å². The molecule has 0 saturated carbocycles. The van der Waals surface area contributed by atoms with Gasteiger partial charge >= 0.3 is 0 Å². The molecule has 122 valence electrons. The minimum Gasteiger partial charge on any atom is -0.266 e. The molecule has 0 fully saturated rings. The second-order valence-electron chi connectivity index (χ2n) is 4.37.